The van der Waals surface area contributed by atoms with Crippen molar-refractivity contribution < 1.29 is 4.39 Å². The third-order valence-corrected chi connectivity index (χ3v) is 4.84. The number of rotatable bonds is 5. The van der Waals surface area contributed by atoms with E-state index in [2.05, 4.69) is 15.7 Å². The van der Waals surface area contributed by atoms with Gasteiger partial charge in [-0.15, -0.1) is 22.7 Å². The SMILES string of the molecule is Cc1nc(CNCc2ccc(F)c(-c3cccs3)c2)cs1. The predicted octanol–water partition coefficient (Wildman–Crippen LogP) is 4.61. The number of nitrogens with one attached hydrogen (secondary N) is 1. The molecular formula is C16H15FN2S2. The highest BCUT2D eigenvalue weighted by Crippen LogP contribution is 2.28. The molecule has 0 atom stereocenters. The fourth-order valence-electron chi connectivity index (χ4n) is 2.13. The molecule has 21 heavy (non-hydrogen) atoms. The van der Waals surface area contributed by atoms with Crippen LogP contribution >= 0.6 is 22.7 Å². The lowest BCUT2D eigenvalue weighted by Crippen LogP contribution is -2.13. The fourth-order valence-corrected chi connectivity index (χ4v) is 3.48. The van der Waals surface area contributed by atoms with Crippen LogP contribution < -0.4 is 5.32 Å². The summed E-state index contributed by atoms with van der Waals surface area (Å²) in [6, 6.07) is 9.17. The minimum Gasteiger partial charge on any atom is -0.307 e. The molecule has 1 aromatic carbocycles. The lowest BCUT2D eigenvalue weighted by molar-refractivity contribution is 0.628. The fraction of sp³-hybridized carbons (Fsp3) is 0.188. The van der Waals surface area contributed by atoms with Crippen LogP contribution in [0.4, 0.5) is 4.39 Å². The molecule has 0 saturated carbocycles. The number of hydrogen-bond acceptors (Lipinski definition) is 4. The van der Waals surface area contributed by atoms with Gasteiger partial charge < -0.3 is 5.32 Å². The molecule has 2 nitrogen and oxygen atoms in total. The Bertz CT molecular complexity index is 720. The van der Waals surface area contributed by atoms with Gasteiger partial charge in [0, 0.05) is 28.9 Å². The number of nitrogens with zero attached hydrogens (tertiary/aromatic N) is 1. The number of hydrogen-bond donors (Lipinski definition) is 1. The van der Waals surface area contributed by atoms with Crippen LogP contribution in [0.1, 0.15) is 16.3 Å². The molecule has 2 aromatic heterocycles. The van der Waals surface area contributed by atoms with Crippen molar-refractivity contribution in [2.24, 2.45) is 0 Å². The zero-order chi connectivity index (χ0) is 14.7. The molecule has 0 amide bonds. The summed E-state index contributed by atoms with van der Waals surface area (Å²) < 4.78 is 13.9. The molecule has 3 rings (SSSR count). The van der Waals surface area contributed by atoms with E-state index in [0.29, 0.717) is 12.1 Å². The Morgan fingerprint density at radius 3 is 2.81 bits per heavy atom. The Kier molecular flexibility index (Phi) is 4.43. The van der Waals surface area contributed by atoms with Crippen molar-refractivity contribution in [3.8, 4) is 10.4 Å². The van der Waals surface area contributed by atoms with Crippen LogP contribution in [0.5, 0.6) is 0 Å². The van der Waals surface area contributed by atoms with Gasteiger partial charge in [0.25, 0.3) is 0 Å². The molecule has 0 aliphatic carbocycles. The first-order chi connectivity index (χ1) is 10.2. The molecule has 0 saturated heterocycles. The summed E-state index contributed by atoms with van der Waals surface area (Å²) in [6.07, 6.45) is 0. The molecule has 108 valence electrons. The molecule has 0 unspecified atom stereocenters. The van der Waals surface area contributed by atoms with Crippen LogP contribution in [0.25, 0.3) is 10.4 Å². The van der Waals surface area contributed by atoms with E-state index in [1.165, 1.54) is 0 Å². The van der Waals surface area contributed by atoms with E-state index < -0.39 is 0 Å². The molecule has 0 fully saturated rings. The van der Waals surface area contributed by atoms with Crippen molar-refractivity contribution >= 4 is 22.7 Å². The van der Waals surface area contributed by atoms with Gasteiger partial charge in [-0.05, 0) is 36.1 Å². The maximum absolute atomic E-state index is 13.9. The molecular weight excluding hydrogens is 303 g/mol. The van der Waals surface area contributed by atoms with E-state index in [4.69, 9.17) is 0 Å². The van der Waals surface area contributed by atoms with Gasteiger partial charge in [0.1, 0.15) is 5.82 Å². The van der Waals surface area contributed by atoms with Crippen molar-refractivity contribution in [1.82, 2.24) is 10.3 Å². The highest BCUT2D eigenvalue weighted by molar-refractivity contribution is 7.13. The van der Waals surface area contributed by atoms with Gasteiger partial charge in [-0.3, -0.25) is 0 Å². The van der Waals surface area contributed by atoms with Crippen LogP contribution in [0.15, 0.2) is 41.1 Å². The number of benzene rings is 1. The van der Waals surface area contributed by atoms with Crippen LogP contribution in [0, 0.1) is 12.7 Å². The van der Waals surface area contributed by atoms with Gasteiger partial charge in [0.05, 0.1) is 10.7 Å². The third-order valence-electron chi connectivity index (χ3n) is 3.12. The lowest BCUT2D eigenvalue weighted by Gasteiger charge is -2.06. The molecule has 0 spiro atoms. The minimum atomic E-state index is -0.170. The molecule has 0 aliphatic heterocycles. The number of thiophene rings is 1. The van der Waals surface area contributed by atoms with Crippen LogP contribution in [-0.4, -0.2) is 4.98 Å². The summed E-state index contributed by atoms with van der Waals surface area (Å²) in [6.45, 7) is 3.44. The molecule has 0 radical (unpaired) electrons. The standard InChI is InChI=1S/C16H15FN2S2/c1-11-19-13(10-21-11)9-18-8-12-4-5-15(17)14(7-12)16-3-2-6-20-16/h2-7,10,18H,8-9H2,1H3. The maximum atomic E-state index is 13.9. The van der Waals surface area contributed by atoms with E-state index >= 15 is 0 Å². The van der Waals surface area contributed by atoms with E-state index in [-0.39, 0.29) is 5.82 Å². The Morgan fingerprint density at radius 2 is 2.10 bits per heavy atom. The van der Waals surface area contributed by atoms with Crippen LogP contribution in [0.2, 0.25) is 0 Å². The van der Waals surface area contributed by atoms with Crippen LogP contribution in [-0.2, 0) is 13.1 Å². The van der Waals surface area contributed by atoms with Crippen molar-refractivity contribution in [2.45, 2.75) is 20.0 Å². The van der Waals surface area contributed by atoms with Gasteiger partial charge >= 0.3 is 0 Å². The van der Waals surface area contributed by atoms with E-state index in [0.717, 1.165) is 27.7 Å². The molecule has 3 aromatic rings. The third kappa shape index (κ3) is 3.56. The summed E-state index contributed by atoms with van der Waals surface area (Å²) in [5.41, 5.74) is 2.80. The second-order valence-corrected chi connectivity index (χ2v) is 6.76. The van der Waals surface area contributed by atoms with Crippen molar-refractivity contribution in [1.29, 1.82) is 0 Å². The summed E-state index contributed by atoms with van der Waals surface area (Å²) in [5.74, 6) is -0.170. The largest absolute Gasteiger partial charge is 0.307 e. The first-order valence-electron chi connectivity index (χ1n) is 6.66. The summed E-state index contributed by atoms with van der Waals surface area (Å²) >= 11 is 3.21. The van der Waals surface area contributed by atoms with Gasteiger partial charge in [-0.2, -0.15) is 0 Å². The summed E-state index contributed by atoms with van der Waals surface area (Å²) in [5, 5.41) is 8.45. The number of thiazole rings is 1. The van der Waals surface area contributed by atoms with E-state index in [1.807, 2.05) is 36.6 Å². The van der Waals surface area contributed by atoms with Crippen molar-refractivity contribution in [2.75, 3.05) is 0 Å². The summed E-state index contributed by atoms with van der Waals surface area (Å²) in [4.78, 5) is 5.37. The first-order valence-corrected chi connectivity index (χ1v) is 8.42. The normalized spacial score (nSPS) is 11.0. The Labute approximate surface area is 131 Å². The van der Waals surface area contributed by atoms with Gasteiger partial charge in [0.15, 0.2) is 0 Å². The maximum Gasteiger partial charge on any atom is 0.131 e. The molecule has 5 heteroatoms. The quantitative estimate of drug-likeness (QED) is 0.743. The molecule has 2 heterocycles. The first kappa shape index (κ1) is 14.4. The monoisotopic (exact) mass is 318 g/mol. The Balaban J connectivity index is 1.67. The molecule has 0 aliphatic rings. The number of aryl methyl sites for hydroxylation is 1. The van der Waals surface area contributed by atoms with E-state index in [1.54, 1.807) is 28.7 Å². The topological polar surface area (TPSA) is 24.9 Å². The van der Waals surface area contributed by atoms with Gasteiger partial charge in [-0.25, -0.2) is 9.37 Å². The smallest absolute Gasteiger partial charge is 0.131 e. The molecule has 1 N–H and O–H groups in total. The van der Waals surface area contributed by atoms with Gasteiger partial charge in [-0.1, -0.05) is 12.1 Å². The average Bonchev–Trinajstić information content (AvgIpc) is 3.12. The van der Waals surface area contributed by atoms with Crippen molar-refractivity contribution in [3.05, 3.63) is 63.2 Å². The minimum absolute atomic E-state index is 0.170. The van der Waals surface area contributed by atoms with Crippen molar-refractivity contribution in [3.63, 3.8) is 0 Å². The highest BCUT2D eigenvalue weighted by atomic mass is 32.1. The van der Waals surface area contributed by atoms with Gasteiger partial charge in [0.2, 0.25) is 0 Å². The number of halogens is 1. The van der Waals surface area contributed by atoms with Crippen LogP contribution in [0.3, 0.4) is 0 Å². The Hall–Kier alpha value is -1.56. The Morgan fingerprint density at radius 1 is 1.19 bits per heavy atom. The second kappa shape index (κ2) is 6.47. The second-order valence-electron chi connectivity index (χ2n) is 4.75. The number of aromatic nitrogens is 1. The highest BCUT2D eigenvalue weighted by Gasteiger charge is 2.07. The zero-order valence-corrected chi connectivity index (χ0v) is 13.2. The lowest BCUT2D eigenvalue weighted by atomic mass is 10.1. The zero-order valence-electron chi connectivity index (χ0n) is 11.6. The molecule has 0 bridgehead atoms. The summed E-state index contributed by atoms with van der Waals surface area (Å²) in [7, 11) is 0. The predicted molar refractivity (Wildman–Crippen MR) is 87.1 cm³/mol. The van der Waals surface area contributed by atoms with E-state index in [9.17, 15) is 4.39 Å². The average molecular weight is 318 g/mol.